The second-order valence-electron chi connectivity index (χ2n) is 3.68. The predicted octanol–water partition coefficient (Wildman–Crippen LogP) is 3.00. The average molecular weight is 271 g/mol. The summed E-state index contributed by atoms with van der Waals surface area (Å²) in [6.07, 6.45) is 1.19. The first-order valence-corrected chi connectivity index (χ1v) is 6.59. The first-order chi connectivity index (χ1) is 7.26. The smallest absolute Gasteiger partial charge is 0.0547 e. The number of hydrogen-bond acceptors (Lipinski definition) is 2. The van der Waals surface area contributed by atoms with Gasteiger partial charge in [0.25, 0.3) is 0 Å². The van der Waals surface area contributed by atoms with Gasteiger partial charge >= 0.3 is 0 Å². The van der Waals surface area contributed by atoms with E-state index in [0.717, 1.165) is 30.7 Å². The summed E-state index contributed by atoms with van der Waals surface area (Å²) in [7, 11) is 0. The monoisotopic (exact) mass is 270 g/mol. The van der Waals surface area contributed by atoms with Crippen LogP contribution in [-0.2, 0) is 6.54 Å². The number of aryl methyl sites for hydroxylation is 1. The van der Waals surface area contributed by atoms with Crippen LogP contribution in [0, 0.1) is 6.92 Å². The third kappa shape index (κ3) is 4.76. The van der Waals surface area contributed by atoms with Crippen LogP contribution in [0.25, 0.3) is 0 Å². The maximum Gasteiger partial charge on any atom is 0.0547 e. The van der Waals surface area contributed by atoms with E-state index in [1.54, 1.807) is 0 Å². The van der Waals surface area contributed by atoms with Gasteiger partial charge in [-0.25, -0.2) is 0 Å². The number of pyridine rings is 1. The molecule has 0 atom stereocenters. The number of alkyl halides is 1. The summed E-state index contributed by atoms with van der Waals surface area (Å²) in [5, 5.41) is 1.07. The first kappa shape index (κ1) is 12.7. The molecule has 0 aromatic carbocycles. The van der Waals surface area contributed by atoms with E-state index in [2.05, 4.69) is 44.9 Å². The minimum absolute atomic E-state index is 0.963. The van der Waals surface area contributed by atoms with Gasteiger partial charge in [-0.2, -0.15) is 0 Å². The van der Waals surface area contributed by atoms with Crippen molar-refractivity contribution >= 4 is 15.9 Å². The zero-order chi connectivity index (χ0) is 11.1. The second kappa shape index (κ2) is 6.96. The summed E-state index contributed by atoms with van der Waals surface area (Å²) in [5.41, 5.74) is 2.27. The molecule has 1 rings (SSSR count). The van der Waals surface area contributed by atoms with Crippen molar-refractivity contribution in [1.82, 2.24) is 9.88 Å². The summed E-state index contributed by atoms with van der Waals surface area (Å²) in [5.74, 6) is 0. The van der Waals surface area contributed by atoms with Crippen molar-refractivity contribution in [2.24, 2.45) is 0 Å². The van der Waals surface area contributed by atoms with Crippen LogP contribution in [0.1, 0.15) is 24.7 Å². The lowest BCUT2D eigenvalue weighted by atomic mass is 10.3. The van der Waals surface area contributed by atoms with E-state index < -0.39 is 0 Å². The van der Waals surface area contributed by atoms with E-state index in [0.29, 0.717) is 0 Å². The Hall–Kier alpha value is -0.410. The Kier molecular flexibility index (Phi) is 5.88. The van der Waals surface area contributed by atoms with Gasteiger partial charge in [-0.05, 0) is 38.6 Å². The summed E-state index contributed by atoms with van der Waals surface area (Å²) < 4.78 is 0. The Labute approximate surface area is 101 Å². The van der Waals surface area contributed by atoms with Gasteiger partial charge in [0.05, 0.1) is 5.69 Å². The van der Waals surface area contributed by atoms with Crippen LogP contribution in [0.15, 0.2) is 18.2 Å². The minimum atomic E-state index is 0.963. The van der Waals surface area contributed by atoms with Crippen molar-refractivity contribution in [3.05, 3.63) is 29.6 Å². The molecule has 84 valence electrons. The molecule has 3 heteroatoms. The van der Waals surface area contributed by atoms with Gasteiger partial charge in [-0.3, -0.25) is 9.88 Å². The number of nitrogens with zero attached hydrogens (tertiary/aromatic N) is 2. The van der Waals surface area contributed by atoms with Gasteiger partial charge < -0.3 is 0 Å². The van der Waals surface area contributed by atoms with E-state index in [9.17, 15) is 0 Å². The number of rotatable bonds is 6. The lowest BCUT2D eigenvalue weighted by Crippen LogP contribution is -2.24. The standard InChI is InChI=1S/C12H19BrN2/c1-3-15(9-5-8-13)10-12-7-4-6-11(2)14-12/h4,6-7H,3,5,8-10H2,1-2H3. The van der Waals surface area contributed by atoms with Gasteiger partial charge in [0.2, 0.25) is 0 Å². The van der Waals surface area contributed by atoms with Gasteiger partial charge in [0.15, 0.2) is 0 Å². The van der Waals surface area contributed by atoms with Crippen molar-refractivity contribution in [2.45, 2.75) is 26.8 Å². The molecule has 1 aromatic rings. The molecule has 1 aromatic heterocycles. The molecule has 0 saturated carbocycles. The van der Waals surface area contributed by atoms with Crippen molar-refractivity contribution in [3.63, 3.8) is 0 Å². The molecular formula is C12H19BrN2. The molecule has 0 amide bonds. The molecule has 0 saturated heterocycles. The third-order valence-electron chi connectivity index (χ3n) is 2.39. The lowest BCUT2D eigenvalue weighted by Gasteiger charge is -2.19. The molecule has 0 aliphatic carbocycles. The fourth-order valence-electron chi connectivity index (χ4n) is 1.55. The molecule has 0 aliphatic heterocycles. The molecule has 0 spiro atoms. The summed E-state index contributed by atoms with van der Waals surface area (Å²) in [4.78, 5) is 6.94. The van der Waals surface area contributed by atoms with Gasteiger partial charge in [-0.15, -0.1) is 0 Å². The van der Waals surface area contributed by atoms with Crippen molar-refractivity contribution in [2.75, 3.05) is 18.4 Å². The molecule has 15 heavy (non-hydrogen) atoms. The number of hydrogen-bond donors (Lipinski definition) is 0. The third-order valence-corrected chi connectivity index (χ3v) is 2.95. The summed E-state index contributed by atoms with van der Waals surface area (Å²) >= 11 is 3.46. The van der Waals surface area contributed by atoms with Crippen molar-refractivity contribution in [3.8, 4) is 0 Å². The minimum Gasteiger partial charge on any atom is -0.298 e. The van der Waals surface area contributed by atoms with Crippen molar-refractivity contribution in [1.29, 1.82) is 0 Å². The fraction of sp³-hybridized carbons (Fsp3) is 0.583. The van der Waals surface area contributed by atoms with E-state index in [-0.39, 0.29) is 0 Å². The lowest BCUT2D eigenvalue weighted by molar-refractivity contribution is 0.278. The molecule has 0 N–H and O–H groups in total. The molecule has 2 nitrogen and oxygen atoms in total. The molecule has 0 fully saturated rings. The molecule has 0 unspecified atom stereocenters. The molecule has 1 heterocycles. The Morgan fingerprint density at radius 1 is 1.40 bits per heavy atom. The fourth-order valence-corrected chi connectivity index (χ4v) is 1.80. The van der Waals surface area contributed by atoms with Gasteiger partial charge in [0, 0.05) is 17.6 Å². The van der Waals surface area contributed by atoms with Gasteiger partial charge in [-0.1, -0.05) is 28.9 Å². The van der Waals surface area contributed by atoms with Crippen LogP contribution < -0.4 is 0 Å². The molecule has 0 radical (unpaired) electrons. The maximum atomic E-state index is 4.52. The van der Waals surface area contributed by atoms with Crippen LogP contribution >= 0.6 is 15.9 Å². The molecule has 0 aliphatic rings. The van der Waals surface area contributed by atoms with E-state index in [1.807, 2.05) is 13.0 Å². The normalized spacial score (nSPS) is 10.9. The zero-order valence-electron chi connectivity index (χ0n) is 9.54. The van der Waals surface area contributed by atoms with E-state index in [1.165, 1.54) is 12.1 Å². The SMILES string of the molecule is CCN(CCCBr)Cc1cccc(C)n1. The zero-order valence-corrected chi connectivity index (χ0v) is 11.1. The first-order valence-electron chi connectivity index (χ1n) is 5.47. The predicted molar refractivity (Wildman–Crippen MR) is 68.3 cm³/mol. The molecule has 0 bridgehead atoms. The van der Waals surface area contributed by atoms with Crippen LogP contribution in [-0.4, -0.2) is 28.3 Å². The van der Waals surface area contributed by atoms with Gasteiger partial charge in [0.1, 0.15) is 0 Å². The summed E-state index contributed by atoms with van der Waals surface area (Å²) in [6.45, 7) is 7.42. The van der Waals surface area contributed by atoms with Crippen LogP contribution in [0.2, 0.25) is 0 Å². The average Bonchev–Trinajstić information content (AvgIpc) is 2.24. The largest absolute Gasteiger partial charge is 0.298 e. The topological polar surface area (TPSA) is 16.1 Å². The Morgan fingerprint density at radius 2 is 2.20 bits per heavy atom. The molecular weight excluding hydrogens is 252 g/mol. The van der Waals surface area contributed by atoms with E-state index >= 15 is 0 Å². The Morgan fingerprint density at radius 3 is 2.80 bits per heavy atom. The highest BCUT2D eigenvalue weighted by Gasteiger charge is 2.03. The highest BCUT2D eigenvalue weighted by Crippen LogP contribution is 2.04. The number of halogens is 1. The van der Waals surface area contributed by atoms with Crippen molar-refractivity contribution < 1.29 is 0 Å². The van der Waals surface area contributed by atoms with Crippen LogP contribution in [0.4, 0.5) is 0 Å². The Bertz CT molecular complexity index is 289. The summed E-state index contributed by atoms with van der Waals surface area (Å²) in [6, 6.07) is 6.22. The van der Waals surface area contributed by atoms with E-state index in [4.69, 9.17) is 0 Å². The number of aromatic nitrogens is 1. The Balaban J connectivity index is 2.50. The van der Waals surface area contributed by atoms with Crippen LogP contribution in [0.5, 0.6) is 0 Å². The van der Waals surface area contributed by atoms with Crippen LogP contribution in [0.3, 0.4) is 0 Å². The highest BCUT2D eigenvalue weighted by atomic mass is 79.9. The second-order valence-corrected chi connectivity index (χ2v) is 4.47. The maximum absolute atomic E-state index is 4.52. The quantitative estimate of drug-likeness (QED) is 0.739. The highest BCUT2D eigenvalue weighted by molar-refractivity contribution is 9.09.